The Balaban J connectivity index is 1.90. The number of aromatic amines is 1. The first-order valence-corrected chi connectivity index (χ1v) is 11.8. The summed E-state index contributed by atoms with van der Waals surface area (Å²) >= 11 is 6.21. The first-order valence-electron chi connectivity index (χ1n) is 9.82. The number of hydrogen-bond donors (Lipinski definition) is 2. The molecular formula is C23H16ClN6O3P. The van der Waals surface area contributed by atoms with Gasteiger partial charge < -0.3 is 14.8 Å². The molecule has 4 aromatic rings. The molecule has 2 aromatic heterocycles. The second-order valence-corrected chi connectivity index (χ2v) is 10.0. The third-order valence-corrected chi connectivity index (χ3v) is 7.82. The smallest absolute Gasteiger partial charge is 0.268 e. The van der Waals surface area contributed by atoms with Gasteiger partial charge in [-0.15, -0.1) is 0 Å². The second kappa shape index (κ2) is 9.46. The van der Waals surface area contributed by atoms with Crippen LogP contribution in [0.15, 0.2) is 55.1 Å². The van der Waals surface area contributed by atoms with Gasteiger partial charge in [-0.1, -0.05) is 11.6 Å². The highest BCUT2D eigenvalue weighted by molar-refractivity contribution is 7.75. The summed E-state index contributed by atoms with van der Waals surface area (Å²) in [5.41, 5.74) is 1.49. The van der Waals surface area contributed by atoms with Gasteiger partial charge in [0.2, 0.25) is 0 Å². The lowest BCUT2D eigenvalue weighted by atomic mass is 10.2. The van der Waals surface area contributed by atoms with Crippen LogP contribution in [0.5, 0.6) is 0 Å². The van der Waals surface area contributed by atoms with Crippen LogP contribution in [0.2, 0.25) is 5.02 Å². The van der Waals surface area contributed by atoms with E-state index in [-0.39, 0.29) is 34.1 Å². The van der Waals surface area contributed by atoms with Crippen LogP contribution in [0.3, 0.4) is 0 Å². The summed E-state index contributed by atoms with van der Waals surface area (Å²) in [6.07, 6.45) is 4.52. The fraction of sp³-hybridized carbons (Fsp3) is 0.0870. The van der Waals surface area contributed by atoms with Crippen LogP contribution in [-0.2, 0) is 15.6 Å². The molecule has 1 atom stereocenters. The summed E-state index contributed by atoms with van der Waals surface area (Å²) in [4.78, 5) is 27.5. The van der Waals surface area contributed by atoms with E-state index in [2.05, 4.69) is 25.1 Å². The van der Waals surface area contributed by atoms with Gasteiger partial charge in [-0.25, -0.2) is 14.8 Å². The molecule has 0 spiro atoms. The number of halogens is 1. The molecule has 1 unspecified atom stereocenters. The van der Waals surface area contributed by atoms with Crippen molar-refractivity contribution in [2.24, 2.45) is 0 Å². The molecule has 2 N–H and O–H groups in total. The summed E-state index contributed by atoms with van der Waals surface area (Å²) in [5.74, 6) is -0.537. The Labute approximate surface area is 199 Å². The largest absolute Gasteiger partial charge is 0.350 e. The highest BCUT2D eigenvalue weighted by Gasteiger charge is 2.36. The lowest BCUT2D eigenvalue weighted by Crippen LogP contribution is -2.30. The van der Waals surface area contributed by atoms with Crippen LogP contribution in [0, 0.1) is 17.9 Å². The summed E-state index contributed by atoms with van der Waals surface area (Å²) in [6.45, 7) is 7.48. The molecule has 1 amide bonds. The van der Waals surface area contributed by atoms with E-state index < -0.39 is 13.3 Å². The zero-order valence-corrected chi connectivity index (χ0v) is 19.4. The molecule has 9 nitrogen and oxygen atoms in total. The highest BCUT2D eigenvalue weighted by atomic mass is 35.5. The number of nitriles is 1. The van der Waals surface area contributed by atoms with E-state index in [1.165, 1.54) is 31.6 Å². The molecule has 2 aromatic carbocycles. The minimum Gasteiger partial charge on any atom is -0.350 e. The first kappa shape index (κ1) is 23.2. The topological polar surface area (TPSA) is 125 Å². The fourth-order valence-electron chi connectivity index (χ4n) is 3.53. The van der Waals surface area contributed by atoms with E-state index in [0.717, 1.165) is 0 Å². The van der Waals surface area contributed by atoms with E-state index >= 15 is 0 Å². The van der Waals surface area contributed by atoms with E-state index in [1.807, 2.05) is 6.07 Å². The van der Waals surface area contributed by atoms with Crippen LogP contribution in [0.25, 0.3) is 15.7 Å². The average Bonchev–Trinajstić information content (AvgIpc) is 3.26. The Bertz CT molecular complexity index is 1510. The Morgan fingerprint density at radius 2 is 2.06 bits per heavy atom. The molecule has 0 aliphatic carbocycles. The number of benzene rings is 2. The number of fused-ring (bicyclic) bond motifs is 1. The van der Waals surface area contributed by atoms with Gasteiger partial charge in [0.05, 0.1) is 17.9 Å². The number of aromatic nitrogens is 3. The quantitative estimate of drug-likeness (QED) is 0.312. The monoisotopic (exact) mass is 490 g/mol. The standard InChI is InChI=1S/C23H16ClN6O3P/c1-26-17-5-14(9-25)6-18(8-17)34(32,33-2)22-19-7-16(24)3-4-20(19)30-21(22)23(31)29-12-15-10-27-13-28-11-15/h3-8,10-11,13,30H,12H2,2H3,(H,29,31). The zero-order chi connectivity index (χ0) is 24.3. The van der Waals surface area contributed by atoms with Gasteiger partial charge in [-0.05, 0) is 36.4 Å². The van der Waals surface area contributed by atoms with Crippen molar-refractivity contribution < 1.29 is 13.9 Å². The van der Waals surface area contributed by atoms with Gasteiger partial charge in [0.25, 0.3) is 13.3 Å². The van der Waals surface area contributed by atoms with Crippen LogP contribution in [0.1, 0.15) is 21.6 Å². The molecule has 0 bridgehead atoms. The predicted octanol–water partition coefficient (Wildman–Crippen LogP) is 3.84. The van der Waals surface area contributed by atoms with Crippen molar-refractivity contribution in [1.82, 2.24) is 20.3 Å². The summed E-state index contributed by atoms with van der Waals surface area (Å²) in [5, 5.41) is 13.2. The van der Waals surface area contributed by atoms with Crippen molar-refractivity contribution in [3.8, 4) is 6.07 Å². The molecule has 0 aliphatic heterocycles. The minimum atomic E-state index is -3.96. The molecule has 0 aliphatic rings. The molecule has 0 saturated heterocycles. The predicted molar refractivity (Wildman–Crippen MR) is 128 cm³/mol. The van der Waals surface area contributed by atoms with Crippen LogP contribution in [-0.4, -0.2) is 28.0 Å². The number of amides is 1. The van der Waals surface area contributed by atoms with Gasteiger partial charge >= 0.3 is 0 Å². The Morgan fingerprint density at radius 1 is 1.29 bits per heavy atom. The maximum atomic E-state index is 14.4. The molecular weight excluding hydrogens is 475 g/mol. The van der Waals surface area contributed by atoms with Crippen molar-refractivity contribution in [2.75, 3.05) is 7.11 Å². The van der Waals surface area contributed by atoms with Crippen molar-refractivity contribution in [2.45, 2.75) is 6.54 Å². The molecule has 0 radical (unpaired) electrons. The number of rotatable bonds is 6. The minimum absolute atomic E-state index is 0.0195. The van der Waals surface area contributed by atoms with Crippen LogP contribution >= 0.6 is 19.0 Å². The Morgan fingerprint density at radius 3 is 2.74 bits per heavy atom. The lowest BCUT2D eigenvalue weighted by Gasteiger charge is -2.19. The molecule has 34 heavy (non-hydrogen) atoms. The van der Waals surface area contributed by atoms with E-state index in [1.54, 1.807) is 30.6 Å². The fourth-order valence-corrected chi connectivity index (χ4v) is 5.92. The first-order chi connectivity index (χ1) is 16.4. The van der Waals surface area contributed by atoms with Crippen molar-refractivity contribution >= 4 is 52.1 Å². The number of H-pyrrole nitrogens is 1. The third kappa shape index (κ3) is 4.28. The second-order valence-electron chi connectivity index (χ2n) is 7.16. The van der Waals surface area contributed by atoms with Gasteiger partial charge in [-0.3, -0.25) is 9.36 Å². The highest BCUT2D eigenvalue weighted by Crippen LogP contribution is 2.48. The van der Waals surface area contributed by atoms with Crippen molar-refractivity contribution in [1.29, 1.82) is 5.26 Å². The number of carbonyl (C=O) groups excluding carboxylic acids is 1. The SMILES string of the molecule is [C-]#[N+]c1cc(C#N)cc(P(=O)(OC)c2c(C(=O)NCc3cncnc3)[nH]c3ccc(Cl)cc23)c1. The molecule has 0 saturated carbocycles. The maximum Gasteiger partial charge on any atom is 0.268 e. The number of carbonyl (C=O) groups is 1. The van der Waals surface area contributed by atoms with Crippen LogP contribution in [0.4, 0.5) is 5.69 Å². The zero-order valence-electron chi connectivity index (χ0n) is 17.7. The molecule has 2 heterocycles. The summed E-state index contributed by atoms with van der Waals surface area (Å²) in [7, 11) is -2.71. The maximum absolute atomic E-state index is 14.4. The average molecular weight is 491 g/mol. The molecule has 4 rings (SSSR count). The van der Waals surface area contributed by atoms with Gasteiger partial charge in [0.15, 0.2) is 5.69 Å². The van der Waals surface area contributed by atoms with E-state index in [0.29, 0.717) is 21.5 Å². The van der Waals surface area contributed by atoms with Gasteiger partial charge in [0, 0.05) is 58.4 Å². The van der Waals surface area contributed by atoms with Gasteiger partial charge in [-0.2, -0.15) is 5.26 Å². The third-order valence-electron chi connectivity index (χ3n) is 5.08. The number of hydrogen-bond acceptors (Lipinski definition) is 6. The van der Waals surface area contributed by atoms with Gasteiger partial charge in [0.1, 0.15) is 12.0 Å². The summed E-state index contributed by atoms with van der Waals surface area (Å²) < 4.78 is 20.0. The summed E-state index contributed by atoms with van der Waals surface area (Å²) in [6, 6.07) is 11.0. The Hall–Kier alpha value is -4.01. The lowest BCUT2D eigenvalue weighted by molar-refractivity contribution is 0.0947. The van der Waals surface area contributed by atoms with Crippen molar-refractivity contribution in [3.63, 3.8) is 0 Å². The molecule has 0 fully saturated rings. The number of nitrogens with zero attached hydrogens (tertiary/aromatic N) is 4. The van der Waals surface area contributed by atoms with E-state index in [4.69, 9.17) is 22.7 Å². The Kier molecular flexibility index (Phi) is 6.45. The van der Waals surface area contributed by atoms with Crippen molar-refractivity contribution in [3.05, 3.63) is 88.4 Å². The van der Waals surface area contributed by atoms with Crippen LogP contribution < -0.4 is 15.9 Å². The normalized spacial score (nSPS) is 12.5. The number of nitrogens with one attached hydrogen (secondary N) is 2. The van der Waals surface area contributed by atoms with E-state index in [9.17, 15) is 14.6 Å². The molecule has 11 heteroatoms. The molecule has 168 valence electrons.